The quantitative estimate of drug-likeness (QED) is 0.761. The second-order valence-corrected chi connectivity index (χ2v) is 7.06. The van der Waals surface area contributed by atoms with E-state index >= 15 is 0 Å². The van der Waals surface area contributed by atoms with Crippen molar-refractivity contribution in [1.82, 2.24) is 20.4 Å². The molecular weight excluding hydrogens is 252 g/mol. The first-order chi connectivity index (χ1) is 9.40. The van der Waals surface area contributed by atoms with Gasteiger partial charge in [-0.1, -0.05) is 6.92 Å². The van der Waals surface area contributed by atoms with Crippen LogP contribution in [0.25, 0.3) is 0 Å². The van der Waals surface area contributed by atoms with Crippen LogP contribution in [0.2, 0.25) is 0 Å². The van der Waals surface area contributed by atoms with Crippen LogP contribution >= 0.6 is 0 Å². The van der Waals surface area contributed by atoms with Gasteiger partial charge in [-0.3, -0.25) is 9.69 Å². The van der Waals surface area contributed by atoms with Gasteiger partial charge in [-0.15, -0.1) is 0 Å². The molecule has 2 unspecified atom stereocenters. The van der Waals surface area contributed by atoms with Crippen LogP contribution < -0.4 is 10.6 Å². The molecule has 2 saturated heterocycles. The van der Waals surface area contributed by atoms with Crippen molar-refractivity contribution in [3.05, 3.63) is 0 Å². The summed E-state index contributed by atoms with van der Waals surface area (Å²) >= 11 is 0. The maximum absolute atomic E-state index is 12.3. The van der Waals surface area contributed by atoms with Crippen LogP contribution in [-0.2, 0) is 4.79 Å². The van der Waals surface area contributed by atoms with Gasteiger partial charge in [-0.05, 0) is 33.4 Å². The average molecular weight is 282 g/mol. The van der Waals surface area contributed by atoms with Gasteiger partial charge >= 0.3 is 0 Å². The maximum Gasteiger partial charge on any atom is 0.224 e. The molecule has 0 aromatic carbocycles. The van der Waals surface area contributed by atoms with Gasteiger partial charge in [0.15, 0.2) is 0 Å². The molecule has 116 valence electrons. The molecular formula is C15H30N4O. The number of rotatable bonds is 4. The Kier molecular flexibility index (Phi) is 5.04. The minimum absolute atomic E-state index is 0.0339. The van der Waals surface area contributed by atoms with Crippen LogP contribution in [0, 0.1) is 11.8 Å². The van der Waals surface area contributed by atoms with Crippen molar-refractivity contribution in [2.75, 3.05) is 52.9 Å². The van der Waals surface area contributed by atoms with Gasteiger partial charge in [0.1, 0.15) is 0 Å². The lowest BCUT2D eigenvalue weighted by atomic mass is 9.96. The highest BCUT2D eigenvalue weighted by atomic mass is 16.1. The molecule has 0 radical (unpaired) electrons. The highest BCUT2D eigenvalue weighted by molar-refractivity contribution is 5.79. The van der Waals surface area contributed by atoms with E-state index in [4.69, 9.17) is 0 Å². The first-order valence-electron chi connectivity index (χ1n) is 7.82. The SMILES string of the molecule is CC1CNCC1C(=O)NCC(C)(C)N1CCN(C)CC1. The van der Waals surface area contributed by atoms with Crippen LogP contribution in [0.3, 0.4) is 0 Å². The zero-order valence-electron chi connectivity index (χ0n) is 13.4. The van der Waals surface area contributed by atoms with Gasteiger partial charge in [0.25, 0.3) is 0 Å². The van der Waals surface area contributed by atoms with E-state index in [-0.39, 0.29) is 17.4 Å². The number of amides is 1. The molecule has 5 nitrogen and oxygen atoms in total. The summed E-state index contributed by atoms with van der Waals surface area (Å²) in [5.41, 5.74) is 0.0339. The van der Waals surface area contributed by atoms with Crippen LogP contribution in [0.15, 0.2) is 0 Å². The van der Waals surface area contributed by atoms with Crippen molar-refractivity contribution >= 4 is 5.91 Å². The molecule has 0 aromatic heterocycles. The maximum atomic E-state index is 12.3. The van der Waals surface area contributed by atoms with Crippen LogP contribution in [0.1, 0.15) is 20.8 Å². The minimum Gasteiger partial charge on any atom is -0.354 e. The van der Waals surface area contributed by atoms with Gasteiger partial charge in [-0.25, -0.2) is 0 Å². The van der Waals surface area contributed by atoms with Crippen molar-refractivity contribution in [3.8, 4) is 0 Å². The van der Waals surface area contributed by atoms with E-state index in [1.807, 2.05) is 0 Å². The van der Waals surface area contributed by atoms with E-state index in [0.717, 1.165) is 45.8 Å². The van der Waals surface area contributed by atoms with Crippen molar-refractivity contribution in [1.29, 1.82) is 0 Å². The van der Waals surface area contributed by atoms with Crippen molar-refractivity contribution in [2.24, 2.45) is 11.8 Å². The van der Waals surface area contributed by atoms with Crippen molar-refractivity contribution in [2.45, 2.75) is 26.3 Å². The molecule has 2 atom stereocenters. The second-order valence-electron chi connectivity index (χ2n) is 7.06. The Morgan fingerprint density at radius 1 is 1.25 bits per heavy atom. The molecule has 2 rings (SSSR count). The molecule has 0 saturated carbocycles. The Hall–Kier alpha value is -0.650. The summed E-state index contributed by atoms with van der Waals surface area (Å²) in [6.45, 7) is 13.5. The molecule has 2 heterocycles. The summed E-state index contributed by atoms with van der Waals surface area (Å²) in [6, 6.07) is 0. The molecule has 2 aliphatic rings. The molecule has 0 bridgehead atoms. The third kappa shape index (κ3) is 3.71. The summed E-state index contributed by atoms with van der Waals surface area (Å²) in [6.07, 6.45) is 0. The van der Waals surface area contributed by atoms with Crippen molar-refractivity contribution < 1.29 is 4.79 Å². The monoisotopic (exact) mass is 282 g/mol. The van der Waals surface area contributed by atoms with E-state index in [1.165, 1.54) is 0 Å². The summed E-state index contributed by atoms with van der Waals surface area (Å²) < 4.78 is 0. The Morgan fingerprint density at radius 3 is 2.45 bits per heavy atom. The van der Waals surface area contributed by atoms with E-state index in [2.05, 4.69) is 48.3 Å². The Labute approximate surface area is 123 Å². The Bertz CT molecular complexity index is 337. The molecule has 2 aliphatic heterocycles. The molecule has 5 heteroatoms. The fraction of sp³-hybridized carbons (Fsp3) is 0.933. The molecule has 0 aliphatic carbocycles. The number of nitrogens with zero attached hydrogens (tertiary/aromatic N) is 2. The molecule has 0 spiro atoms. The predicted octanol–water partition coefficient (Wildman–Crippen LogP) is -0.0159. The molecule has 2 N–H and O–H groups in total. The van der Waals surface area contributed by atoms with E-state index in [9.17, 15) is 4.79 Å². The number of likely N-dealkylation sites (N-methyl/N-ethyl adjacent to an activating group) is 1. The minimum atomic E-state index is 0.0339. The fourth-order valence-corrected chi connectivity index (χ4v) is 3.12. The average Bonchev–Trinajstić information content (AvgIpc) is 2.83. The third-order valence-corrected chi connectivity index (χ3v) is 4.91. The number of hydrogen-bond donors (Lipinski definition) is 2. The third-order valence-electron chi connectivity index (χ3n) is 4.91. The first-order valence-corrected chi connectivity index (χ1v) is 7.82. The summed E-state index contributed by atoms with van der Waals surface area (Å²) in [4.78, 5) is 17.1. The molecule has 20 heavy (non-hydrogen) atoms. The number of carbonyl (C=O) groups excluding carboxylic acids is 1. The summed E-state index contributed by atoms with van der Waals surface area (Å²) in [5.74, 6) is 0.796. The van der Waals surface area contributed by atoms with Crippen molar-refractivity contribution in [3.63, 3.8) is 0 Å². The fourth-order valence-electron chi connectivity index (χ4n) is 3.12. The van der Waals surface area contributed by atoms with Gasteiger partial charge in [0.05, 0.1) is 5.92 Å². The van der Waals surface area contributed by atoms with Gasteiger partial charge in [0, 0.05) is 44.8 Å². The zero-order chi connectivity index (χ0) is 14.8. The lowest BCUT2D eigenvalue weighted by Crippen LogP contribution is -2.58. The van der Waals surface area contributed by atoms with E-state index in [0.29, 0.717) is 5.92 Å². The van der Waals surface area contributed by atoms with Gasteiger partial charge in [0.2, 0.25) is 5.91 Å². The molecule has 2 fully saturated rings. The van der Waals surface area contributed by atoms with Crippen LogP contribution in [0.5, 0.6) is 0 Å². The number of carbonyl (C=O) groups is 1. The summed E-state index contributed by atoms with van der Waals surface area (Å²) in [5, 5.41) is 6.46. The molecule has 0 aromatic rings. The highest BCUT2D eigenvalue weighted by Crippen LogP contribution is 2.18. The normalized spacial score (nSPS) is 29.6. The van der Waals surface area contributed by atoms with Crippen LogP contribution in [0.4, 0.5) is 0 Å². The molecule has 1 amide bonds. The van der Waals surface area contributed by atoms with Gasteiger partial charge < -0.3 is 15.5 Å². The van der Waals surface area contributed by atoms with Crippen LogP contribution in [-0.4, -0.2) is 74.1 Å². The number of hydrogen-bond acceptors (Lipinski definition) is 4. The number of nitrogens with one attached hydrogen (secondary N) is 2. The van der Waals surface area contributed by atoms with E-state index < -0.39 is 0 Å². The largest absolute Gasteiger partial charge is 0.354 e. The topological polar surface area (TPSA) is 47.6 Å². The standard InChI is InChI=1S/C15H30N4O/c1-12-9-16-10-13(12)14(20)17-11-15(2,3)19-7-5-18(4)6-8-19/h12-13,16H,5-11H2,1-4H3,(H,17,20). The van der Waals surface area contributed by atoms with E-state index in [1.54, 1.807) is 0 Å². The predicted molar refractivity (Wildman–Crippen MR) is 81.7 cm³/mol. The van der Waals surface area contributed by atoms with Gasteiger partial charge in [-0.2, -0.15) is 0 Å². The number of piperazine rings is 1. The highest BCUT2D eigenvalue weighted by Gasteiger charge is 2.33. The summed E-state index contributed by atoms with van der Waals surface area (Å²) in [7, 11) is 2.17. The first kappa shape index (κ1) is 15.7. The smallest absolute Gasteiger partial charge is 0.224 e. The lowest BCUT2D eigenvalue weighted by Gasteiger charge is -2.43. The Morgan fingerprint density at radius 2 is 1.90 bits per heavy atom. The lowest BCUT2D eigenvalue weighted by molar-refractivity contribution is -0.126. The zero-order valence-corrected chi connectivity index (χ0v) is 13.4. The second kappa shape index (κ2) is 6.41. The Balaban J connectivity index is 1.81.